The third-order valence-corrected chi connectivity index (χ3v) is 9.68. The molecule has 1 aliphatic carbocycles. The summed E-state index contributed by atoms with van der Waals surface area (Å²) >= 11 is 16.1. The summed E-state index contributed by atoms with van der Waals surface area (Å²) in [7, 11) is 0. The molecule has 0 amide bonds. The minimum atomic E-state index is -0.420. The molecule has 2 aromatic rings. The van der Waals surface area contributed by atoms with Gasteiger partial charge in [-0.15, -0.1) is 23.5 Å². The maximum atomic E-state index is 10.1. The molecule has 2 atom stereocenters. The third kappa shape index (κ3) is 2.07. The van der Waals surface area contributed by atoms with E-state index in [9.17, 15) is 10.5 Å². The van der Waals surface area contributed by atoms with Crippen LogP contribution in [0, 0.1) is 22.7 Å². The van der Waals surface area contributed by atoms with E-state index in [4.69, 9.17) is 23.2 Å². The molecular weight excluding hydrogens is 427 g/mol. The van der Waals surface area contributed by atoms with Crippen LogP contribution in [0.3, 0.4) is 0 Å². The molecule has 28 heavy (non-hydrogen) atoms. The Morgan fingerprint density at radius 2 is 1.14 bits per heavy atom. The van der Waals surface area contributed by atoms with Gasteiger partial charge in [0.25, 0.3) is 0 Å². The van der Waals surface area contributed by atoms with Gasteiger partial charge in [-0.05, 0) is 72.5 Å². The number of allylic oxidation sites excluding steroid dienone is 2. The number of nitrogens with zero attached hydrogens (tertiary/aromatic N) is 2. The maximum absolute atomic E-state index is 10.1. The molecule has 0 N–H and O–H groups in total. The summed E-state index contributed by atoms with van der Waals surface area (Å²) in [4.78, 5) is 2.17. The fourth-order valence-electron chi connectivity index (χ4n) is 4.52. The van der Waals surface area contributed by atoms with Gasteiger partial charge in [0, 0.05) is 19.8 Å². The van der Waals surface area contributed by atoms with Gasteiger partial charge in [0.2, 0.25) is 0 Å². The minimum Gasteiger partial charge on any atom is -0.192 e. The first-order chi connectivity index (χ1) is 13.3. The van der Waals surface area contributed by atoms with E-state index < -0.39 is 9.49 Å². The van der Waals surface area contributed by atoms with Crippen LogP contribution in [0.1, 0.15) is 25.0 Å². The van der Waals surface area contributed by atoms with Crippen molar-refractivity contribution in [2.45, 2.75) is 33.1 Å². The largest absolute Gasteiger partial charge is 0.192 e. The highest BCUT2D eigenvalue weighted by Crippen LogP contribution is 2.72. The van der Waals surface area contributed by atoms with Crippen molar-refractivity contribution in [2.75, 3.05) is 0 Å². The molecule has 2 aromatic carbocycles. The van der Waals surface area contributed by atoms with Crippen LogP contribution in [0.15, 0.2) is 57.3 Å². The van der Waals surface area contributed by atoms with Crippen molar-refractivity contribution in [1.29, 1.82) is 10.5 Å². The first-order valence-electron chi connectivity index (χ1n) is 8.62. The lowest BCUT2D eigenvalue weighted by molar-refractivity contribution is 0.689. The maximum Gasteiger partial charge on any atom is 0.101 e. The summed E-state index contributed by atoms with van der Waals surface area (Å²) in [6, 6.07) is 16.3. The minimum absolute atomic E-state index is 0.420. The molecule has 0 bridgehead atoms. The lowest BCUT2D eigenvalue weighted by atomic mass is 9.69. The van der Waals surface area contributed by atoms with Crippen molar-refractivity contribution < 1.29 is 0 Å². The van der Waals surface area contributed by atoms with E-state index in [-0.39, 0.29) is 0 Å². The molecule has 0 unspecified atom stereocenters. The van der Waals surface area contributed by atoms with Crippen molar-refractivity contribution in [3.05, 3.63) is 68.7 Å². The smallest absolute Gasteiger partial charge is 0.101 e. The number of nitriles is 2. The summed E-state index contributed by atoms with van der Waals surface area (Å²) in [6.07, 6.45) is 0. The average Bonchev–Trinajstić information content (AvgIpc) is 3.13. The monoisotopic (exact) mass is 438 g/mol. The molecule has 0 spiro atoms. The number of benzene rings is 2. The highest BCUT2D eigenvalue weighted by molar-refractivity contribution is 8.06. The second-order valence-corrected chi connectivity index (χ2v) is 11.1. The molecule has 0 saturated carbocycles. The Morgan fingerprint density at radius 1 is 0.750 bits per heavy atom. The fourth-order valence-corrected chi connectivity index (χ4v) is 8.03. The van der Waals surface area contributed by atoms with Crippen LogP contribution in [0.4, 0.5) is 0 Å². The van der Waals surface area contributed by atoms with Gasteiger partial charge in [0.05, 0.1) is 20.6 Å². The van der Waals surface area contributed by atoms with E-state index in [2.05, 4.69) is 26.0 Å². The highest BCUT2D eigenvalue weighted by atomic mass is 35.5. The molecule has 2 heterocycles. The van der Waals surface area contributed by atoms with Crippen LogP contribution < -0.4 is 0 Å². The lowest BCUT2D eigenvalue weighted by Crippen LogP contribution is -2.46. The standard InChI is InChI=1S/C22H12Cl2N2S2/c1-21-19(13-7-11(23)3-5-17(13)27-21)15(9-25)16(10-26)20-14-8-12(24)4-6-18(14)28-22(20,21)2/h3-8H,1-2H3/t21-,22-/m1/s1. The molecule has 0 saturated heterocycles. The van der Waals surface area contributed by atoms with Crippen LogP contribution in [-0.4, -0.2) is 9.49 Å². The summed E-state index contributed by atoms with van der Waals surface area (Å²) < 4.78 is -0.839. The first-order valence-corrected chi connectivity index (χ1v) is 11.0. The van der Waals surface area contributed by atoms with Crippen LogP contribution in [-0.2, 0) is 0 Å². The Hall–Kier alpha value is -1.82. The topological polar surface area (TPSA) is 47.6 Å². The zero-order chi connectivity index (χ0) is 19.8. The predicted molar refractivity (Wildman–Crippen MR) is 116 cm³/mol. The quantitative estimate of drug-likeness (QED) is 0.444. The van der Waals surface area contributed by atoms with E-state index in [0.717, 1.165) is 32.1 Å². The Balaban J connectivity index is 1.93. The van der Waals surface area contributed by atoms with Gasteiger partial charge in [-0.2, -0.15) is 10.5 Å². The molecule has 2 nitrogen and oxygen atoms in total. The van der Waals surface area contributed by atoms with E-state index in [0.29, 0.717) is 21.2 Å². The van der Waals surface area contributed by atoms with Crippen LogP contribution in [0.25, 0.3) is 11.1 Å². The zero-order valence-electron chi connectivity index (χ0n) is 14.9. The third-order valence-electron chi connectivity index (χ3n) is 5.89. The van der Waals surface area contributed by atoms with Crippen molar-refractivity contribution >= 4 is 57.9 Å². The average molecular weight is 439 g/mol. The van der Waals surface area contributed by atoms with Crippen molar-refractivity contribution in [3.63, 3.8) is 0 Å². The Kier molecular flexibility index (Phi) is 3.81. The number of fused-ring (bicyclic) bond motifs is 7. The summed E-state index contributed by atoms with van der Waals surface area (Å²) in [6.45, 7) is 4.35. The Morgan fingerprint density at radius 3 is 1.50 bits per heavy atom. The molecule has 136 valence electrons. The SMILES string of the molecule is C[C@@]12Sc3ccc(Cl)cc3C1=C(C#N)C(C#N)=C1c3cc(Cl)ccc3S[C@]12C. The number of halogens is 2. The van der Waals surface area contributed by atoms with E-state index in [1.165, 1.54) is 0 Å². The molecule has 0 fully saturated rings. The van der Waals surface area contributed by atoms with E-state index >= 15 is 0 Å². The Labute approximate surface area is 181 Å². The summed E-state index contributed by atoms with van der Waals surface area (Å²) in [5, 5.41) is 21.4. The van der Waals surface area contributed by atoms with Crippen LogP contribution in [0.2, 0.25) is 10.0 Å². The van der Waals surface area contributed by atoms with Gasteiger partial charge in [-0.25, -0.2) is 0 Å². The van der Waals surface area contributed by atoms with Gasteiger partial charge < -0.3 is 0 Å². The number of thioether (sulfide) groups is 2. The molecule has 3 aliphatic rings. The lowest BCUT2D eigenvalue weighted by Gasteiger charge is -2.45. The van der Waals surface area contributed by atoms with Gasteiger partial charge in [0.1, 0.15) is 12.1 Å². The van der Waals surface area contributed by atoms with Crippen LogP contribution in [0.5, 0.6) is 0 Å². The van der Waals surface area contributed by atoms with Crippen molar-refractivity contribution in [2.24, 2.45) is 0 Å². The normalized spacial score (nSPS) is 26.9. The van der Waals surface area contributed by atoms with Gasteiger partial charge in [-0.1, -0.05) is 23.2 Å². The second-order valence-electron chi connectivity index (χ2n) is 7.28. The first kappa shape index (κ1) is 18.2. The van der Waals surface area contributed by atoms with E-state index in [1.54, 1.807) is 23.5 Å². The predicted octanol–water partition coefficient (Wildman–Crippen LogP) is 6.99. The molecule has 5 rings (SSSR count). The van der Waals surface area contributed by atoms with Crippen molar-refractivity contribution in [1.82, 2.24) is 0 Å². The van der Waals surface area contributed by atoms with Crippen molar-refractivity contribution in [3.8, 4) is 12.1 Å². The zero-order valence-corrected chi connectivity index (χ0v) is 18.1. The van der Waals surface area contributed by atoms with Crippen LogP contribution >= 0.6 is 46.7 Å². The molecule has 0 radical (unpaired) electrons. The molecule has 0 aromatic heterocycles. The van der Waals surface area contributed by atoms with E-state index in [1.807, 2.05) is 36.4 Å². The number of rotatable bonds is 0. The van der Waals surface area contributed by atoms with Gasteiger partial charge in [-0.3, -0.25) is 0 Å². The summed E-state index contributed by atoms with van der Waals surface area (Å²) in [5.41, 5.74) is 4.62. The fraction of sp³-hybridized carbons (Fsp3) is 0.182. The molecule has 6 heteroatoms. The highest BCUT2D eigenvalue weighted by Gasteiger charge is 2.62. The van der Waals surface area contributed by atoms with Gasteiger partial charge in [0.15, 0.2) is 0 Å². The second kappa shape index (κ2) is 5.85. The number of hydrogen-bond acceptors (Lipinski definition) is 4. The summed E-state index contributed by atoms with van der Waals surface area (Å²) in [5.74, 6) is 0. The van der Waals surface area contributed by atoms with Gasteiger partial charge >= 0.3 is 0 Å². The molecule has 2 aliphatic heterocycles. The Bertz CT molecular complexity index is 1150. The number of hydrogen-bond donors (Lipinski definition) is 0. The molecular formula is C22H12Cl2N2S2.